The van der Waals surface area contributed by atoms with Crippen molar-refractivity contribution in [1.82, 2.24) is 19.8 Å². The van der Waals surface area contributed by atoms with Crippen LogP contribution in [-0.4, -0.2) is 91.8 Å². The summed E-state index contributed by atoms with van der Waals surface area (Å²) in [5.41, 5.74) is 1.02. The summed E-state index contributed by atoms with van der Waals surface area (Å²) in [7, 11) is -3.60. The van der Waals surface area contributed by atoms with E-state index in [1.807, 2.05) is 23.1 Å². The number of benzene rings is 1. The standard InChI is InChI=1S/C29H45N4O8P/c1-8-39-42(38)16-15-32(18-21-11-12-22-23(17-21)31-20-30-22)19-29(42,24(34)35)13-9-10-14-33(25(36)40-27(2,3)4)26(37)41-28(5,6)7/h11-12,17,20H,8-10,13-16,18-19H2,1-7H3,(H,30,31)(H,34,35). The smallest absolute Gasteiger partial charge is 0.419 e. The first-order chi connectivity index (χ1) is 19.5. The number of rotatable bonds is 10. The summed E-state index contributed by atoms with van der Waals surface area (Å²) in [6.45, 7) is 12.9. The van der Waals surface area contributed by atoms with Gasteiger partial charge in [0.2, 0.25) is 7.37 Å². The van der Waals surface area contributed by atoms with Gasteiger partial charge in [0.1, 0.15) is 11.2 Å². The lowest BCUT2D eigenvalue weighted by atomic mass is 9.99. The second-order valence-electron chi connectivity index (χ2n) is 12.7. The molecule has 2 unspecified atom stereocenters. The first-order valence-electron chi connectivity index (χ1n) is 14.3. The molecule has 13 heteroatoms. The topological polar surface area (TPSA) is 151 Å². The van der Waals surface area contributed by atoms with Crippen LogP contribution in [0.2, 0.25) is 0 Å². The fourth-order valence-corrected chi connectivity index (χ4v) is 8.03. The van der Waals surface area contributed by atoms with E-state index in [1.165, 1.54) is 0 Å². The predicted molar refractivity (Wildman–Crippen MR) is 159 cm³/mol. The van der Waals surface area contributed by atoms with Gasteiger partial charge >= 0.3 is 18.2 Å². The third-order valence-electron chi connectivity index (χ3n) is 6.93. The molecule has 0 bridgehead atoms. The summed E-state index contributed by atoms with van der Waals surface area (Å²) in [4.78, 5) is 48.9. The Balaban J connectivity index is 1.77. The van der Waals surface area contributed by atoms with Gasteiger partial charge in [0.15, 0.2) is 5.16 Å². The Kier molecular flexibility index (Phi) is 10.5. The van der Waals surface area contributed by atoms with Gasteiger partial charge in [0.25, 0.3) is 0 Å². The molecule has 1 aromatic carbocycles. The zero-order chi connectivity index (χ0) is 31.3. The van der Waals surface area contributed by atoms with E-state index in [4.69, 9.17) is 14.0 Å². The SMILES string of the molecule is CCOP1(=O)CCN(Cc2ccc3[nH]cnc3c2)CC1(CCCCN(C(=O)OC(C)(C)C)C(=O)OC(C)(C)C)C(=O)O. The lowest BCUT2D eigenvalue weighted by molar-refractivity contribution is -0.141. The number of hydrogen-bond acceptors (Lipinski definition) is 9. The average molecular weight is 609 g/mol. The number of aromatic nitrogens is 2. The van der Waals surface area contributed by atoms with Crippen molar-refractivity contribution in [2.24, 2.45) is 0 Å². The first kappa shape index (κ1) is 33.6. The Hall–Kier alpha value is -2.95. The second-order valence-corrected chi connectivity index (χ2v) is 15.6. The Morgan fingerprint density at radius 1 is 1.10 bits per heavy atom. The minimum atomic E-state index is -3.60. The number of ether oxygens (including phenoxy) is 2. The van der Waals surface area contributed by atoms with Crippen LogP contribution >= 0.6 is 7.37 Å². The van der Waals surface area contributed by atoms with Crippen LogP contribution in [0.3, 0.4) is 0 Å². The second kappa shape index (κ2) is 13.1. The van der Waals surface area contributed by atoms with Crippen LogP contribution in [0.1, 0.15) is 73.3 Å². The molecule has 12 nitrogen and oxygen atoms in total. The molecule has 2 aromatic rings. The van der Waals surface area contributed by atoms with E-state index in [9.17, 15) is 24.1 Å². The fourth-order valence-electron chi connectivity index (χ4n) is 5.06. The van der Waals surface area contributed by atoms with E-state index in [1.54, 1.807) is 54.8 Å². The van der Waals surface area contributed by atoms with Crippen LogP contribution in [0, 0.1) is 0 Å². The van der Waals surface area contributed by atoms with Crippen molar-refractivity contribution < 1.29 is 38.1 Å². The number of H-pyrrole nitrogens is 1. The normalized spacial score (nSPS) is 21.7. The van der Waals surface area contributed by atoms with Gasteiger partial charge in [0.05, 0.1) is 24.0 Å². The number of hydrogen-bond donors (Lipinski definition) is 2. The number of carbonyl (C=O) groups is 3. The van der Waals surface area contributed by atoms with E-state index in [0.717, 1.165) is 21.5 Å². The van der Waals surface area contributed by atoms with Crippen LogP contribution in [-0.2, 0) is 29.9 Å². The quantitative estimate of drug-likeness (QED) is 0.248. The highest BCUT2D eigenvalue weighted by molar-refractivity contribution is 7.62. The van der Waals surface area contributed by atoms with Crippen LogP contribution in [0.25, 0.3) is 11.0 Å². The highest BCUT2D eigenvalue weighted by Gasteiger charge is 2.58. The van der Waals surface area contributed by atoms with E-state index >= 15 is 0 Å². The molecule has 0 spiro atoms. The number of imidazole rings is 1. The maximum atomic E-state index is 14.1. The Bertz CT molecular complexity index is 1290. The number of fused-ring (bicyclic) bond motifs is 1. The van der Waals surface area contributed by atoms with Gasteiger partial charge in [-0.15, -0.1) is 0 Å². The zero-order valence-electron chi connectivity index (χ0n) is 25.8. The van der Waals surface area contributed by atoms with Crippen molar-refractivity contribution in [3.63, 3.8) is 0 Å². The number of aliphatic carboxylic acids is 1. The van der Waals surface area contributed by atoms with Gasteiger partial charge in [-0.2, -0.15) is 0 Å². The van der Waals surface area contributed by atoms with E-state index < -0.39 is 41.9 Å². The van der Waals surface area contributed by atoms with Crippen LogP contribution < -0.4 is 0 Å². The Labute approximate surface area is 247 Å². The van der Waals surface area contributed by atoms with Crippen molar-refractivity contribution in [3.05, 3.63) is 30.1 Å². The molecule has 1 aliphatic heterocycles. The molecule has 1 fully saturated rings. The summed E-state index contributed by atoms with van der Waals surface area (Å²) >= 11 is 0. The average Bonchev–Trinajstić information content (AvgIpc) is 3.31. The predicted octanol–water partition coefficient (Wildman–Crippen LogP) is 5.86. The minimum absolute atomic E-state index is 0.0417. The van der Waals surface area contributed by atoms with Gasteiger partial charge in [0, 0.05) is 32.3 Å². The molecule has 234 valence electrons. The highest BCUT2D eigenvalue weighted by Crippen LogP contribution is 2.63. The van der Waals surface area contributed by atoms with E-state index in [-0.39, 0.29) is 45.1 Å². The monoisotopic (exact) mass is 608 g/mol. The number of carbonyl (C=O) groups excluding carboxylic acids is 2. The lowest BCUT2D eigenvalue weighted by Gasteiger charge is -2.45. The Morgan fingerprint density at radius 3 is 2.31 bits per heavy atom. The third-order valence-corrected chi connectivity index (χ3v) is 10.3. The number of nitrogens with one attached hydrogen (secondary N) is 1. The van der Waals surface area contributed by atoms with Crippen LogP contribution in [0.4, 0.5) is 9.59 Å². The molecular weight excluding hydrogens is 563 g/mol. The van der Waals surface area contributed by atoms with Crippen LogP contribution in [0.15, 0.2) is 24.5 Å². The molecule has 2 atom stereocenters. The van der Waals surface area contributed by atoms with Crippen molar-refractivity contribution in [2.45, 2.75) is 90.6 Å². The van der Waals surface area contributed by atoms with E-state index in [2.05, 4.69) is 9.97 Å². The number of carboxylic acids is 1. The van der Waals surface area contributed by atoms with Gasteiger partial charge in [-0.1, -0.05) is 6.07 Å². The summed E-state index contributed by atoms with van der Waals surface area (Å²) in [6, 6.07) is 5.84. The summed E-state index contributed by atoms with van der Waals surface area (Å²) in [5.74, 6) is -1.18. The fraction of sp³-hybridized carbons (Fsp3) is 0.655. The number of imide groups is 1. The molecule has 2 N–H and O–H groups in total. The number of carboxylic acid groups (broad SMARTS) is 1. The molecule has 1 saturated heterocycles. The number of aromatic amines is 1. The molecular formula is C29H45N4O8P. The summed E-state index contributed by atoms with van der Waals surface area (Å²) < 4.78 is 30.7. The van der Waals surface area contributed by atoms with Gasteiger partial charge in [-0.25, -0.2) is 19.5 Å². The highest BCUT2D eigenvalue weighted by atomic mass is 31.2. The lowest BCUT2D eigenvalue weighted by Crippen LogP contribution is -2.54. The van der Waals surface area contributed by atoms with Crippen molar-refractivity contribution in [3.8, 4) is 0 Å². The van der Waals surface area contributed by atoms with Crippen molar-refractivity contribution in [1.29, 1.82) is 0 Å². The number of nitrogens with zero attached hydrogens (tertiary/aromatic N) is 3. The number of unbranched alkanes of at least 4 members (excludes halogenated alkanes) is 1. The zero-order valence-corrected chi connectivity index (χ0v) is 26.7. The molecule has 1 aliphatic rings. The van der Waals surface area contributed by atoms with Gasteiger partial charge in [-0.3, -0.25) is 14.3 Å². The van der Waals surface area contributed by atoms with Gasteiger partial charge < -0.3 is 24.1 Å². The number of amides is 2. The molecule has 2 amide bonds. The molecule has 0 saturated carbocycles. The molecule has 0 aliphatic carbocycles. The molecule has 0 radical (unpaired) electrons. The molecule has 1 aromatic heterocycles. The first-order valence-corrected chi connectivity index (χ1v) is 16.1. The summed E-state index contributed by atoms with van der Waals surface area (Å²) in [6.07, 6.45) is 0.624. The largest absolute Gasteiger partial charge is 0.480 e. The van der Waals surface area contributed by atoms with Gasteiger partial charge in [-0.05, 0) is 85.4 Å². The Morgan fingerprint density at radius 2 is 1.74 bits per heavy atom. The van der Waals surface area contributed by atoms with Crippen LogP contribution in [0.5, 0.6) is 0 Å². The van der Waals surface area contributed by atoms with Crippen molar-refractivity contribution >= 4 is 36.6 Å². The third kappa shape index (κ3) is 8.33. The summed E-state index contributed by atoms with van der Waals surface area (Å²) in [5, 5.41) is 8.90. The maximum absolute atomic E-state index is 14.1. The molecule has 2 heterocycles. The maximum Gasteiger partial charge on any atom is 0.419 e. The minimum Gasteiger partial charge on any atom is -0.480 e. The molecule has 3 rings (SSSR count). The molecule has 42 heavy (non-hydrogen) atoms. The van der Waals surface area contributed by atoms with E-state index in [0.29, 0.717) is 13.1 Å². The van der Waals surface area contributed by atoms with Crippen molar-refractivity contribution in [2.75, 3.05) is 32.4 Å².